The molecule has 0 aromatic heterocycles. The molecule has 0 heterocycles. The molecule has 0 rings (SSSR count). The molecule has 10 heteroatoms. The van der Waals surface area contributed by atoms with Crippen LogP contribution in [0.4, 0.5) is 0 Å². The summed E-state index contributed by atoms with van der Waals surface area (Å²) in [6.07, 6.45) is 0. The van der Waals surface area contributed by atoms with Crippen molar-refractivity contribution in [2.45, 2.75) is 37.4 Å². The Morgan fingerprint density at radius 1 is 0.500 bits per heavy atom. The van der Waals surface area contributed by atoms with Crippen LogP contribution in [-0.2, 0) is 26.6 Å². The summed E-state index contributed by atoms with van der Waals surface area (Å²) in [5, 5.41) is 0. The van der Waals surface area contributed by atoms with E-state index in [9.17, 15) is 0 Å². The van der Waals surface area contributed by atoms with Crippen molar-refractivity contribution in [2.24, 2.45) is 11.8 Å². The van der Waals surface area contributed by atoms with Crippen molar-refractivity contribution in [2.75, 3.05) is 42.7 Å². The second-order valence-corrected chi connectivity index (χ2v) is 15.5. The third-order valence-corrected chi connectivity index (χ3v) is 16.7. The van der Waals surface area contributed by atoms with Gasteiger partial charge in [-0.05, 0) is 11.8 Å². The summed E-state index contributed by atoms with van der Waals surface area (Å²) < 4.78 is 34.2. The van der Waals surface area contributed by atoms with Crippen LogP contribution in [0.2, 0.25) is 0 Å². The summed E-state index contributed by atoms with van der Waals surface area (Å²) in [6.45, 7) is 8.59. The lowest BCUT2D eigenvalue weighted by Crippen LogP contribution is -2.56. The fourth-order valence-electron chi connectivity index (χ4n) is 2.47. The van der Waals surface area contributed by atoms with Crippen LogP contribution in [0.15, 0.2) is 0 Å². The SMILES string of the molecule is CO[Si](OC)(OC)C(SSC(C(C)C)[Si](OC)(OC)OC)C(C)C. The van der Waals surface area contributed by atoms with Crippen molar-refractivity contribution < 1.29 is 26.6 Å². The van der Waals surface area contributed by atoms with E-state index in [2.05, 4.69) is 27.7 Å². The Kier molecular flexibility index (Phi) is 12.0. The van der Waals surface area contributed by atoms with Gasteiger partial charge in [0.2, 0.25) is 0 Å². The van der Waals surface area contributed by atoms with E-state index >= 15 is 0 Å². The van der Waals surface area contributed by atoms with Gasteiger partial charge in [-0.15, -0.1) is 0 Å². The van der Waals surface area contributed by atoms with Crippen LogP contribution in [0.1, 0.15) is 27.7 Å². The van der Waals surface area contributed by atoms with Gasteiger partial charge in [-0.2, -0.15) is 0 Å². The fraction of sp³-hybridized carbons (Fsp3) is 1.00. The zero-order chi connectivity index (χ0) is 19.0. The van der Waals surface area contributed by atoms with Crippen molar-refractivity contribution in [3.63, 3.8) is 0 Å². The second-order valence-electron chi connectivity index (χ2n) is 5.95. The minimum absolute atomic E-state index is 0.0843. The molecule has 0 radical (unpaired) electrons. The van der Waals surface area contributed by atoms with E-state index in [-0.39, 0.29) is 9.75 Å². The average molecular weight is 419 g/mol. The highest BCUT2D eigenvalue weighted by Gasteiger charge is 2.53. The van der Waals surface area contributed by atoms with E-state index in [1.54, 1.807) is 64.2 Å². The summed E-state index contributed by atoms with van der Waals surface area (Å²) in [4.78, 5) is 0.169. The first-order chi connectivity index (χ1) is 11.2. The largest absolute Gasteiger partial charge is 0.515 e. The van der Waals surface area contributed by atoms with E-state index in [0.717, 1.165) is 0 Å². The lowest BCUT2D eigenvalue weighted by molar-refractivity contribution is 0.116. The third-order valence-electron chi connectivity index (χ3n) is 3.88. The smallest absolute Gasteiger partial charge is 0.376 e. The maximum atomic E-state index is 5.69. The predicted octanol–water partition coefficient (Wildman–Crippen LogP) is 3.25. The van der Waals surface area contributed by atoms with Crippen LogP contribution in [-0.4, -0.2) is 70.0 Å². The lowest BCUT2D eigenvalue weighted by Gasteiger charge is -2.37. The molecule has 6 nitrogen and oxygen atoms in total. The predicted molar refractivity (Wildman–Crippen MR) is 106 cm³/mol. The Hall–Kier alpha value is 0.894. The van der Waals surface area contributed by atoms with Crippen molar-refractivity contribution in [1.29, 1.82) is 0 Å². The summed E-state index contributed by atoms with van der Waals surface area (Å²) >= 11 is 0. The maximum Gasteiger partial charge on any atom is 0.515 e. The van der Waals surface area contributed by atoms with Gasteiger partial charge in [0, 0.05) is 42.7 Å². The molecule has 0 N–H and O–H groups in total. The molecule has 146 valence electrons. The van der Waals surface area contributed by atoms with Gasteiger partial charge >= 0.3 is 17.6 Å². The average Bonchev–Trinajstić information content (AvgIpc) is 2.58. The normalized spacial score (nSPS) is 16.0. The van der Waals surface area contributed by atoms with Gasteiger partial charge in [-0.3, -0.25) is 0 Å². The molecular formula is C14H34O6S2Si2. The molecule has 0 saturated carbocycles. The molecule has 0 spiro atoms. The first kappa shape index (κ1) is 24.9. The molecule has 0 aliphatic rings. The van der Waals surface area contributed by atoms with Crippen LogP contribution in [0.5, 0.6) is 0 Å². The quantitative estimate of drug-likeness (QED) is 0.334. The van der Waals surface area contributed by atoms with E-state index in [1.807, 2.05) is 0 Å². The van der Waals surface area contributed by atoms with Gasteiger partial charge in [-0.25, -0.2) is 0 Å². The topological polar surface area (TPSA) is 55.4 Å². The Balaban J connectivity index is 5.43. The highest BCUT2D eigenvalue weighted by molar-refractivity contribution is 8.77. The van der Waals surface area contributed by atoms with Crippen LogP contribution < -0.4 is 0 Å². The van der Waals surface area contributed by atoms with Crippen molar-refractivity contribution >= 4 is 39.2 Å². The van der Waals surface area contributed by atoms with E-state index < -0.39 is 17.6 Å². The van der Waals surface area contributed by atoms with Crippen LogP contribution in [0.3, 0.4) is 0 Å². The second kappa shape index (κ2) is 11.6. The summed E-state index contributed by atoms with van der Waals surface area (Å²) in [7, 11) is 7.81. The minimum atomic E-state index is -2.77. The Morgan fingerprint density at radius 2 is 0.708 bits per heavy atom. The molecular weight excluding hydrogens is 384 g/mol. The van der Waals surface area contributed by atoms with Crippen molar-refractivity contribution in [3.8, 4) is 0 Å². The minimum Gasteiger partial charge on any atom is -0.376 e. The third kappa shape index (κ3) is 5.70. The number of rotatable bonds is 13. The molecule has 0 aromatic carbocycles. The first-order valence-corrected chi connectivity index (χ1v) is 13.7. The number of hydrogen-bond donors (Lipinski definition) is 0. The van der Waals surface area contributed by atoms with E-state index in [0.29, 0.717) is 11.8 Å². The molecule has 0 bridgehead atoms. The molecule has 24 heavy (non-hydrogen) atoms. The maximum absolute atomic E-state index is 5.69. The molecule has 0 aliphatic heterocycles. The van der Waals surface area contributed by atoms with E-state index in [4.69, 9.17) is 26.6 Å². The van der Waals surface area contributed by atoms with Gasteiger partial charge in [0.1, 0.15) is 0 Å². The monoisotopic (exact) mass is 418 g/mol. The van der Waals surface area contributed by atoms with Crippen LogP contribution in [0.25, 0.3) is 0 Å². The van der Waals surface area contributed by atoms with Crippen molar-refractivity contribution in [1.82, 2.24) is 0 Å². The molecule has 0 fully saturated rings. The standard InChI is InChI=1S/C14H34O6S2Si2/c1-11(2)13(23(15-5,16-6)17-7)21-22-14(12(3)4)24(18-8,19-9)20-10/h11-14H,1-10H3. The fourth-order valence-corrected chi connectivity index (χ4v) is 15.0. The molecule has 2 atom stereocenters. The molecule has 0 saturated heterocycles. The highest BCUT2D eigenvalue weighted by Crippen LogP contribution is 2.44. The Bertz CT molecular complexity index is 293. The lowest BCUT2D eigenvalue weighted by atomic mass is 10.3. The van der Waals surface area contributed by atoms with Crippen LogP contribution in [0, 0.1) is 11.8 Å². The summed E-state index contributed by atoms with van der Waals surface area (Å²) in [5.74, 6) is 0.649. The molecule has 2 unspecified atom stereocenters. The van der Waals surface area contributed by atoms with Crippen LogP contribution >= 0.6 is 21.6 Å². The zero-order valence-electron chi connectivity index (χ0n) is 16.6. The first-order valence-electron chi connectivity index (χ1n) is 7.87. The Labute approximate surface area is 157 Å². The van der Waals surface area contributed by atoms with Gasteiger partial charge < -0.3 is 26.6 Å². The van der Waals surface area contributed by atoms with Crippen molar-refractivity contribution in [3.05, 3.63) is 0 Å². The number of hydrogen-bond acceptors (Lipinski definition) is 8. The highest BCUT2D eigenvalue weighted by atomic mass is 33.1. The van der Waals surface area contributed by atoms with E-state index in [1.165, 1.54) is 0 Å². The summed E-state index contributed by atoms with van der Waals surface area (Å²) in [5.41, 5.74) is 0. The zero-order valence-corrected chi connectivity index (χ0v) is 20.2. The van der Waals surface area contributed by atoms with Gasteiger partial charge in [0.25, 0.3) is 0 Å². The Morgan fingerprint density at radius 3 is 0.833 bits per heavy atom. The molecule has 0 aliphatic carbocycles. The van der Waals surface area contributed by atoms with Gasteiger partial charge in [0.15, 0.2) is 0 Å². The molecule has 0 aromatic rings. The molecule has 0 amide bonds. The van der Waals surface area contributed by atoms with Gasteiger partial charge in [-0.1, -0.05) is 49.3 Å². The summed E-state index contributed by atoms with van der Waals surface area (Å²) in [6, 6.07) is 0. The van der Waals surface area contributed by atoms with Gasteiger partial charge in [0.05, 0.1) is 9.75 Å².